The molecule has 0 unspecified atom stereocenters. The van der Waals surface area contributed by atoms with Gasteiger partial charge in [-0.05, 0) is 43.2 Å². The van der Waals surface area contributed by atoms with Gasteiger partial charge >= 0.3 is 0 Å². The third-order valence-corrected chi connectivity index (χ3v) is 3.23. The smallest absolute Gasteiger partial charge is 0.274 e. The first-order valence-corrected chi connectivity index (χ1v) is 7.12. The number of rotatable bonds is 6. The minimum atomic E-state index is -0.569. The van der Waals surface area contributed by atoms with Crippen LogP contribution >= 0.6 is 0 Å². The van der Waals surface area contributed by atoms with Crippen LogP contribution in [0.5, 0.6) is 0 Å². The van der Waals surface area contributed by atoms with E-state index in [-0.39, 0.29) is 12.5 Å². The van der Waals surface area contributed by atoms with E-state index in [1.54, 1.807) is 35.8 Å². The normalized spacial score (nSPS) is 10.2. The fourth-order valence-corrected chi connectivity index (χ4v) is 2.06. The number of hydroxylamine groups is 2. The zero-order valence-corrected chi connectivity index (χ0v) is 12.7. The van der Waals surface area contributed by atoms with Crippen molar-refractivity contribution in [2.75, 3.05) is 6.61 Å². The van der Waals surface area contributed by atoms with E-state index >= 15 is 0 Å². The van der Waals surface area contributed by atoms with Crippen molar-refractivity contribution >= 4 is 11.8 Å². The van der Waals surface area contributed by atoms with E-state index in [2.05, 4.69) is 5.48 Å². The summed E-state index contributed by atoms with van der Waals surface area (Å²) in [5.74, 6) is -0.873. The third kappa shape index (κ3) is 4.91. The summed E-state index contributed by atoms with van der Waals surface area (Å²) in [5.41, 5.74) is 6.72. The van der Waals surface area contributed by atoms with E-state index in [9.17, 15) is 9.59 Å². The van der Waals surface area contributed by atoms with Gasteiger partial charge in [0.2, 0.25) is 0 Å². The first-order valence-electron chi connectivity index (χ1n) is 7.12. The molecule has 6 heteroatoms. The number of benzene rings is 2. The molecule has 0 aliphatic heterocycles. The third-order valence-electron chi connectivity index (χ3n) is 3.23. The molecule has 0 aliphatic carbocycles. The number of nitrogens with one attached hydrogen (secondary N) is 2. The predicted octanol–water partition coefficient (Wildman–Crippen LogP) is 2.02. The minimum Gasteiger partial charge on any atom is -0.288 e. The van der Waals surface area contributed by atoms with E-state index in [1.807, 2.05) is 25.1 Å². The summed E-state index contributed by atoms with van der Waals surface area (Å²) in [4.78, 5) is 28.4. The van der Waals surface area contributed by atoms with Crippen molar-refractivity contribution in [3.8, 4) is 0 Å². The van der Waals surface area contributed by atoms with Gasteiger partial charge in [0.1, 0.15) is 0 Å². The average Bonchev–Trinajstić information content (AvgIpc) is 2.58. The second-order valence-corrected chi connectivity index (χ2v) is 5.04. The second kappa shape index (κ2) is 8.07. The molecule has 0 atom stereocenters. The SMILES string of the molecule is Cc1cccc(C(=O)NOCCc2cccc(C(=O)NO)c2)c1. The maximum absolute atomic E-state index is 11.9. The fourth-order valence-electron chi connectivity index (χ4n) is 2.06. The first-order chi connectivity index (χ1) is 11.1. The van der Waals surface area contributed by atoms with E-state index in [0.717, 1.165) is 11.1 Å². The molecule has 0 saturated carbocycles. The molecule has 2 aromatic carbocycles. The molecule has 0 heterocycles. The zero-order chi connectivity index (χ0) is 16.7. The highest BCUT2D eigenvalue weighted by Crippen LogP contribution is 2.07. The van der Waals surface area contributed by atoms with Crippen LogP contribution in [0.15, 0.2) is 48.5 Å². The maximum Gasteiger partial charge on any atom is 0.274 e. The highest BCUT2D eigenvalue weighted by Gasteiger charge is 2.06. The molecule has 3 N–H and O–H groups in total. The highest BCUT2D eigenvalue weighted by molar-refractivity contribution is 5.94. The van der Waals surface area contributed by atoms with Crippen LogP contribution in [-0.4, -0.2) is 23.6 Å². The molecule has 0 fully saturated rings. The van der Waals surface area contributed by atoms with Crippen LogP contribution in [0.25, 0.3) is 0 Å². The van der Waals surface area contributed by atoms with Crippen LogP contribution in [0.4, 0.5) is 0 Å². The summed E-state index contributed by atoms with van der Waals surface area (Å²) in [7, 11) is 0. The molecule has 2 rings (SSSR count). The summed E-state index contributed by atoms with van der Waals surface area (Å²) in [6.45, 7) is 2.18. The summed E-state index contributed by atoms with van der Waals surface area (Å²) < 4.78 is 0. The quantitative estimate of drug-likeness (QED) is 0.432. The first kappa shape index (κ1) is 16.7. The van der Waals surface area contributed by atoms with Gasteiger partial charge in [0.25, 0.3) is 11.8 Å². The number of hydrogen-bond donors (Lipinski definition) is 3. The van der Waals surface area contributed by atoms with Gasteiger partial charge in [-0.2, -0.15) is 0 Å². The Morgan fingerprint density at radius 3 is 2.43 bits per heavy atom. The lowest BCUT2D eigenvalue weighted by Gasteiger charge is -2.07. The van der Waals surface area contributed by atoms with Crippen molar-refractivity contribution in [3.63, 3.8) is 0 Å². The Bertz CT molecular complexity index is 700. The number of carbonyl (C=O) groups is 2. The lowest BCUT2D eigenvalue weighted by atomic mass is 10.1. The van der Waals surface area contributed by atoms with Gasteiger partial charge in [-0.15, -0.1) is 0 Å². The lowest BCUT2D eigenvalue weighted by molar-refractivity contribution is 0.0324. The fraction of sp³-hybridized carbons (Fsp3) is 0.176. The number of carbonyl (C=O) groups excluding carboxylic acids is 2. The molecule has 2 amide bonds. The molecule has 0 saturated heterocycles. The van der Waals surface area contributed by atoms with Gasteiger partial charge < -0.3 is 0 Å². The van der Waals surface area contributed by atoms with Gasteiger partial charge in [0.15, 0.2) is 0 Å². The molecule has 23 heavy (non-hydrogen) atoms. The van der Waals surface area contributed by atoms with Crippen molar-refractivity contribution in [3.05, 3.63) is 70.8 Å². The molecule has 0 radical (unpaired) electrons. The zero-order valence-electron chi connectivity index (χ0n) is 12.7. The Balaban J connectivity index is 1.81. The Labute approximate surface area is 134 Å². The molecule has 120 valence electrons. The standard InChI is InChI=1S/C17H18N2O4/c1-12-4-2-6-14(10-12)17(21)19-23-9-8-13-5-3-7-15(11-13)16(20)18-22/h2-7,10-11,22H,8-9H2,1H3,(H,18,20)(H,19,21). The lowest BCUT2D eigenvalue weighted by Crippen LogP contribution is -2.25. The molecule has 0 bridgehead atoms. The summed E-state index contributed by atoms with van der Waals surface area (Å²) >= 11 is 0. The monoisotopic (exact) mass is 314 g/mol. The summed E-state index contributed by atoms with van der Waals surface area (Å²) in [6.07, 6.45) is 0.515. The number of amides is 2. The van der Waals surface area contributed by atoms with E-state index in [4.69, 9.17) is 10.0 Å². The van der Waals surface area contributed by atoms with Crippen LogP contribution < -0.4 is 11.0 Å². The van der Waals surface area contributed by atoms with Crippen LogP contribution in [0.2, 0.25) is 0 Å². The van der Waals surface area contributed by atoms with Crippen molar-refractivity contribution in [1.29, 1.82) is 0 Å². The van der Waals surface area contributed by atoms with E-state index in [0.29, 0.717) is 17.5 Å². The van der Waals surface area contributed by atoms with Crippen molar-refractivity contribution in [2.24, 2.45) is 0 Å². The topological polar surface area (TPSA) is 87.7 Å². The van der Waals surface area contributed by atoms with Gasteiger partial charge in [0, 0.05) is 11.1 Å². The van der Waals surface area contributed by atoms with Crippen molar-refractivity contribution in [2.45, 2.75) is 13.3 Å². The van der Waals surface area contributed by atoms with Gasteiger partial charge in [-0.1, -0.05) is 29.8 Å². The molecule has 0 aliphatic rings. The molecule has 0 spiro atoms. The Kier molecular flexibility index (Phi) is 5.85. The van der Waals surface area contributed by atoms with Gasteiger partial charge in [0.05, 0.1) is 6.61 Å². The molecule has 2 aromatic rings. The van der Waals surface area contributed by atoms with Crippen LogP contribution in [0, 0.1) is 6.92 Å². The van der Waals surface area contributed by atoms with Crippen LogP contribution in [-0.2, 0) is 11.3 Å². The maximum atomic E-state index is 11.9. The Morgan fingerprint density at radius 2 is 1.74 bits per heavy atom. The van der Waals surface area contributed by atoms with Crippen LogP contribution in [0.1, 0.15) is 31.8 Å². The highest BCUT2D eigenvalue weighted by atomic mass is 16.6. The van der Waals surface area contributed by atoms with Gasteiger partial charge in [-0.3, -0.25) is 19.6 Å². The largest absolute Gasteiger partial charge is 0.288 e. The predicted molar refractivity (Wildman–Crippen MR) is 84.0 cm³/mol. The average molecular weight is 314 g/mol. The Hall–Kier alpha value is -2.70. The van der Waals surface area contributed by atoms with Crippen molar-refractivity contribution < 1.29 is 19.6 Å². The molecular formula is C17H18N2O4. The van der Waals surface area contributed by atoms with E-state index in [1.165, 1.54) is 0 Å². The molecular weight excluding hydrogens is 296 g/mol. The number of aryl methyl sites for hydroxylation is 1. The number of hydrogen-bond acceptors (Lipinski definition) is 4. The van der Waals surface area contributed by atoms with Crippen LogP contribution in [0.3, 0.4) is 0 Å². The Morgan fingerprint density at radius 1 is 1.04 bits per heavy atom. The van der Waals surface area contributed by atoms with E-state index < -0.39 is 5.91 Å². The van der Waals surface area contributed by atoms with Gasteiger partial charge in [-0.25, -0.2) is 11.0 Å². The molecule has 0 aromatic heterocycles. The second-order valence-electron chi connectivity index (χ2n) is 5.04. The minimum absolute atomic E-state index is 0.266. The summed E-state index contributed by atoms with van der Waals surface area (Å²) in [5, 5.41) is 8.61. The molecule has 6 nitrogen and oxygen atoms in total. The summed E-state index contributed by atoms with van der Waals surface area (Å²) in [6, 6.07) is 14.0. The van der Waals surface area contributed by atoms with Crippen molar-refractivity contribution in [1.82, 2.24) is 11.0 Å².